The molecule has 2 aromatic heterocycles. The number of carbonyl (C=O) groups excluding carboxylic acids is 1. The van der Waals surface area contributed by atoms with E-state index in [9.17, 15) is 4.79 Å². The number of nitrogens with zero attached hydrogens (tertiary/aromatic N) is 3. The van der Waals surface area contributed by atoms with Gasteiger partial charge in [-0.15, -0.1) is 0 Å². The SMILES string of the molecule is Cc1cccc(N2CCCN(C(=O)c3ccsc3)CC2)n1. The second kappa shape index (κ2) is 6.26. The number of amides is 1. The monoisotopic (exact) mass is 301 g/mol. The average molecular weight is 301 g/mol. The third-order valence-corrected chi connectivity index (χ3v) is 4.43. The summed E-state index contributed by atoms with van der Waals surface area (Å²) in [5.41, 5.74) is 1.84. The van der Waals surface area contributed by atoms with Crippen molar-refractivity contribution in [2.24, 2.45) is 0 Å². The van der Waals surface area contributed by atoms with Gasteiger partial charge in [0.25, 0.3) is 5.91 Å². The van der Waals surface area contributed by atoms with Gasteiger partial charge < -0.3 is 9.80 Å². The Labute approximate surface area is 129 Å². The molecule has 1 fully saturated rings. The molecule has 3 heterocycles. The smallest absolute Gasteiger partial charge is 0.254 e. The zero-order chi connectivity index (χ0) is 14.7. The van der Waals surface area contributed by atoms with Gasteiger partial charge in [-0.3, -0.25) is 4.79 Å². The van der Waals surface area contributed by atoms with E-state index in [1.54, 1.807) is 11.3 Å². The van der Waals surface area contributed by atoms with E-state index in [-0.39, 0.29) is 5.91 Å². The van der Waals surface area contributed by atoms with E-state index in [1.807, 2.05) is 46.8 Å². The van der Waals surface area contributed by atoms with Crippen LogP contribution < -0.4 is 4.90 Å². The average Bonchev–Trinajstić information content (AvgIpc) is 2.91. The normalized spacial score (nSPS) is 15.9. The van der Waals surface area contributed by atoms with Crippen LogP contribution in [0.15, 0.2) is 35.0 Å². The van der Waals surface area contributed by atoms with E-state index in [2.05, 4.69) is 9.88 Å². The second-order valence-corrected chi connectivity index (χ2v) is 6.06. The van der Waals surface area contributed by atoms with Crippen molar-refractivity contribution >= 4 is 23.1 Å². The van der Waals surface area contributed by atoms with Crippen molar-refractivity contribution in [3.8, 4) is 0 Å². The summed E-state index contributed by atoms with van der Waals surface area (Å²) in [5.74, 6) is 1.16. The molecule has 21 heavy (non-hydrogen) atoms. The second-order valence-electron chi connectivity index (χ2n) is 5.28. The van der Waals surface area contributed by atoms with Gasteiger partial charge in [0, 0.05) is 37.3 Å². The molecule has 1 aliphatic rings. The van der Waals surface area contributed by atoms with Crippen LogP contribution >= 0.6 is 11.3 Å². The molecule has 0 bridgehead atoms. The topological polar surface area (TPSA) is 36.4 Å². The third-order valence-electron chi connectivity index (χ3n) is 3.75. The summed E-state index contributed by atoms with van der Waals surface area (Å²) >= 11 is 1.57. The molecule has 1 saturated heterocycles. The summed E-state index contributed by atoms with van der Waals surface area (Å²) in [6.45, 7) is 5.37. The summed E-state index contributed by atoms with van der Waals surface area (Å²) in [6, 6.07) is 7.99. The van der Waals surface area contributed by atoms with Crippen LogP contribution in [0, 0.1) is 6.92 Å². The molecule has 0 saturated carbocycles. The van der Waals surface area contributed by atoms with Crippen LogP contribution in [0.5, 0.6) is 0 Å². The van der Waals surface area contributed by atoms with Gasteiger partial charge in [-0.2, -0.15) is 11.3 Å². The molecule has 2 aromatic rings. The lowest BCUT2D eigenvalue weighted by molar-refractivity contribution is 0.0767. The standard InChI is InChI=1S/C16H19N3OS/c1-13-4-2-5-15(17-13)18-7-3-8-19(10-9-18)16(20)14-6-11-21-12-14/h2,4-6,11-12H,3,7-10H2,1H3. The number of thiophene rings is 1. The number of hydrogen-bond acceptors (Lipinski definition) is 4. The molecule has 5 heteroatoms. The van der Waals surface area contributed by atoms with E-state index in [0.717, 1.165) is 49.7 Å². The molecule has 0 unspecified atom stereocenters. The molecule has 3 rings (SSSR count). The first-order valence-electron chi connectivity index (χ1n) is 7.24. The lowest BCUT2D eigenvalue weighted by Crippen LogP contribution is -2.35. The fraction of sp³-hybridized carbons (Fsp3) is 0.375. The highest BCUT2D eigenvalue weighted by Gasteiger charge is 2.21. The van der Waals surface area contributed by atoms with Gasteiger partial charge in [-0.05, 0) is 36.9 Å². The van der Waals surface area contributed by atoms with Crippen molar-refractivity contribution in [2.75, 3.05) is 31.1 Å². The number of hydrogen-bond donors (Lipinski definition) is 0. The number of pyridine rings is 1. The first-order valence-corrected chi connectivity index (χ1v) is 8.18. The van der Waals surface area contributed by atoms with Gasteiger partial charge in [0.2, 0.25) is 0 Å². The molecule has 0 aromatic carbocycles. The molecular formula is C16H19N3OS. The highest BCUT2D eigenvalue weighted by molar-refractivity contribution is 7.08. The maximum absolute atomic E-state index is 12.4. The summed E-state index contributed by atoms with van der Waals surface area (Å²) in [5, 5.41) is 3.88. The van der Waals surface area contributed by atoms with Crippen LogP contribution in [0.2, 0.25) is 0 Å². The van der Waals surface area contributed by atoms with Crippen molar-refractivity contribution in [1.29, 1.82) is 0 Å². The molecule has 0 spiro atoms. The number of rotatable bonds is 2. The predicted octanol–water partition coefficient (Wildman–Crippen LogP) is 2.80. The van der Waals surface area contributed by atoms with Gasteiger partial charge in [-0.25, -0.2) is 4.98 Å². The Bertz CT molecular complexity index is 612. The van der Waals surface area contributed by atoms with Crippen molar-refractivity contribution in [3.63, 3.8) is 0 Å². The van der Waals surface area contributed by atoms with Crippen LogP contribution in [0.25, 0.3) is 0 Å². The zero-order valence-electron chi connectivity index (χ0n) is 12.2. The lowest BCUT2D eigenvalue weighted by atomic mass is 10.3. The van der Waals surface area contributed by atoms with Crippen LogP contribution in [-0.2, 0) is 0 Å². The van der Waals surface area contributed by atoms with Gasteiger partial charge in [-0.1, -0.05) is 6.07 Å². The lowest BCUT2D eigenvalue weighted by Gasteiger charge is -2.23. The van der Waals surface area contributed by atoms with E-state index < -0.39 is 0 Å². The Hall–Kier alpha value is -1.88. The number of anilines is 1. The Morgan fingerprint density at radius 1 is 1.19 bits per heavy atom. The summed E-state index contributed by atoms with van der Waals surface area (Å²) in [7, 11) is 0. The fourth-order valence-electron chi connectivity index (χ4n) is 2.62. The number of aryl methyl sites for hydroxylation is 1. The first kappa shape index (κ1) is 14.1. The molecule has 0 N–H and O–H groups in total. The van der Waals surface area contributed by atoms with Gasteiger partial charge in [0.1, 0.15) is 5.82 Å². The van der Waals surface area contributed by atoms with Gasteiger partial charge >= 0.3 is 0 Å². The Kier molecular flexibility index (Phi) is 4.20. The van der Waals surface area contributed by atoms with Crippen LogP contribution in [-0.4, -0.2) is 42.0 Å². The molecule has 0 aliphatic carbocycles. The molecule has 110 valence electrons. The number of aromatic nitrogens is 1. The highest BCUT2D eigenvalue weighted by atomic mass is 32.1. The summed E-state index contributed by atoms with van der Waals surface area (Å²) in [4.78, 5) is 21.2. The number of carbonyl (C=O) groups is 1. The zero-order valence-corrected chi connectivity index (χ0v) is 13.0. The molecule has 1 amide bonds. The quantitative estimate of drug-likeness (QED) is 0.856. The molecule has 0 atom stereocenters. The largest absolute Gasteiger partial charge is 0.355 e. The molecule has 4 nitrogen and oxygen atoms in total. The summed E-state index contributed by atoms with van der Waals surface area (Å²) in [6.07, 6.45) is 0.978. The van der Waals surface area contributed by atoms with Gasteiger partial charge in [0.15, 0.2) is 0 Å². The Balaban J connectivity index is 1.68. The fourth-order valence-corrected chi connectivity index (χ4v) is 3.25. The Morgan fingerprint density at radius 3 is 2.86 bits per heavy atom. The van der Waals surface area contributed by atoms with Crippen molar-refractivity contribution in [2.45, 2.75) is 13.3 Å². The third kappa shape index (κ3) is 3.24. The van der Waals surface area contributed by atoms with Gasteiger partial charge in [0.05, 0.1) is 5.56 Å². The van der Waals surface area contributed by atoms with Crippen LogP contribution in [0.1, 0.15) is 22.5 Å². The molecule has 0 radical (unpaired) electrons. The minimum absolute atomic E-state index is 0.148. The van der Waals surface area contributed by atoms with Crippen molar-refractivity contribution in [1.82, 2.24) is 9.88 Å². The minimum atomic E-state index is 0.148. The molecular weight excluding hydrogens is 282 g/mol. The van der Waals surface area contributed by atoms with E-state index >= 15 is 0 Å². The predicted molar refractivity (Wildman–Crippen MR) is 86.0 cm³/mol. The maximum Gasteiger partial charge on any atom is 0.254 e. The Morgan fingerprint density at radius 2 is 2.10 bits per heavy atom. The first-order chi connectivity index (χ1) is 10.2. The van der Waals surface area contributed by atoms with E-state index in [1.165, 1.54) is 0 Å². The van der Waals surface area contributed by atoms with Crippen LogP contribution in [0.3, 0.4) is 0 Å². The highest BCUT2D eigenvalue weighted by Crippen LogP contribution is 2.16. The maximum atomic E-state index is 12.4. The summed E-state index contributed by atoms with van der Waals surface area (Å²) < 4.78 is 0. The van der Waals surface area contributed by atoms with Crippen molar-refractivity contribution < 1.29 is 4.79 Å². The van der Waals surface area contributed by atoms with E-state index in [0.29, 0.717) is 0 Å². The minimum Gasteiger partial charge on any atom is -0.355 e. The molecule has 1 aliphatic heterocycles. The van der Waals surface area contributed by atoms with Crippen LogP contribution in [0.4, 0.5) is 5.82 Å². The van der Waals surface area contributed by atoms with E-state index in [4.69, 9.17) is 0 Å². The van der Waals surface area contributed by atoms with Crippen molar-refractivity contribution in [3.05, 3.63) is 46.3 Å².